The van der Waals surface area contributed by atoms with Crippen molar-refractivity contribution in [3.05, 3.63) is 29.6 Å². The summed E-state index contributed by atoms with van der Waals surface area (Å²) in [6.07, 6.45) is 0. The number of halogens is 2. The average molecular weight is 183 g/mol. The standard InChI is InChI=1S/C8H7F2N3/c9-4-1-5(10)8-6(2-4)12-7(3-11)13-8/h1-2H,3,11H2,(H,12,13). The van der Waals surface area contributed by atoms with Gasteiger partial charge in [0.2, 0.25) is 0 Å². The first-order valence-corrected chi connectivity index (χ1v) is 3.74. The second kappa shape index (κ2) is 2.77. The zero-order valence-electron chi connectivity index (χ0n) is 6.64. The number of imidazole rings is 1. The molecule has 13 heavy (non-hydrogen) atoms. The minimum atomic E-state index is -0.675. The van der Waals surface area contributed by atoms with Gasteiger partial charge in [-0.25, -0.2) is 13.8 Å². The van der Waals surface area contributed by atoms with Crippen LogP contribution in [-0.4, -0.2) is 9.97 Å². The number of rotatable bonds is 1. The summed E-state index contributed by atoms with van der Waals surface area (Å²) < 4.78 is 25.7. The predicted octanol–water partition coefficient (Wildman–Crippen LogP) is 1.30. The van der Waals surface area contributed by atoms with Gasteiger partial charge in [0.05, 0.1) is 12.1 Å². The molecule has 0 aliphatic rings. The van der Waals surface area contributed by atoms with E-state index in [1.54, 1.807) is 0 Å². The highest BCUT2D eigenvalue weighted by molar-refractivity contribution is 5.75. The number of benzene rings is 1. The Bertz CT molecular complexity index is 450. The first-order chi connectivity index (χ1) is 6.20. The van der Waals surface area contributed by atoms with Crippen molar-refractivity contribution in [3.63, 3.8) is 0 Å². The fourth-order valence-electron chi connectivity index (χ4n) is 1.19. The molecule has 0 aliphatic heterocycles. The predicted molar refractivity (Wildman–Crippen MR) is 43.9 cm³/mol. The summed E-state index contributed by atoms with van der Waals surface area (Å²) in [6, 6.07) is 1.98. The lowest BCUT2D eigenvalue weighted by molar-refractivity contribution is 0.590. The van der Waals surface area contributed by atoms with Crippen molar-refractivity contribution >= 4 is 11.0 Å². The lowest BCUT2D eigenvalue weighted by Crippen LogP contribution is -1.97. The second-order valence-electron chi connectivity index (χ2n) is 2.67. The summed E-state index contributed by atoms with van der Waals surface area (Å²) in [4.78, 5) is 6.56. The number of nitrogens with zero attached hydrogens (tertiary/aromatic N) is 1. The number of hydrogen-bond acceptors (Lipinski definition) is 2. The molecule has 0 bridgehead atoms. The van der Waals surface area contributed by atoms with Crippen molar-refractivity contribution in [2.45, 2.75) is 6.54 Å². The summed E-state index contributed by atoms with van der Waals surface area (Å²) in [5.41, 5.74) is 5.75. The normalized spacial score (nSPS) is 11.0. The Morgan fingerprint density at radius 2 is 2.15 bits per heavy atom. The monoisotopic (exact) mass is 183 g/mol. The number of fused-ring (bicyclic) bond motifs is 1. The van der Waals surface area contributed by atoms with Gasteiger partial charge >= 0.3 is 0 Å². The summed E-state index contributed by atoms with van der Waals surface area (Å²) in [7, 11) is 0. The van der Waals surface area contributed by atoms with Crippen molar-refractivity contribution in [1.29, 1.82) is 0 Å². The van der Waals surface area contributed by atoms with Gasteiger partial charge in [-0.15, -0.1) is 0 Å². The molecule has 0 radical (unpaired) electrons. The molecule has 1 aromatic heterocycles. The minimum absolute atomic E-state index is 0.127. The summed E-state index contributed by atoms with van der Waals surface area (Å²) >= 11 is 0. The van der Waals surface area contributed by atoms with Gasteiger partial charge in [-0.1, -0.05) is 0 Å². The smallest absolute Gasteiger partial charge is 0.153 e. The van der Waals surface area contributed by atoms with Crippen LogP contribution >= 0.6 is 0 Å². The molecule has 1 aromatic carbocycles. The number of H-pyrrole nitrogens is 1. The lowest BCUT2D eigenvalue weighted by Gasteiger charge is -1.90. The van der Waals surface area contributed by atoms with Crippen molar-refractivity contribution in [3.8, 4) is 0 Å². The summed E-state index contributed by atoms with van der Waals surface area (Å²) in [6.45, 7) is 0.176. The molecular weight excluding hydrogens is 176 g/mol. The Morgan fingerprint density at radius 1 is 1.38 bits per heavy atom. The Balaban J connectivity index is 2.75. The third-order valence-electron chi connectivity index (χ3n) is 1.75. The van der Waals surface area contributed by atoms with Gasteiger partial charge in [-0.2, -0.15) is 0 Å². The van der Waals surface area contributed by atoms with E-state index in [1.807, 2.05) is 0 Å². The maximum Gasteiger partial charge on any atom is 0.153 e. The molecule has 0 atom stereocenters. The van der Waals surface area contributed by atoms with E-state index < -0.39 is 11.6 Å². The van der Waals surface area contributed by atoms with E-state index >= 15 is 0 Å². The average Bonchev–Trinajstić information content (AvgIpc) is 2.47. The van der Waals surface area contributed by atoms with Crippen LogP contribution in [0.5, 0.6) is 0 Å². The van der Waals surface area contributed by atoms with E-state index in [9.17, 15) is 8.78 Å². The topological polar surface area (TPSA) is 54.7 Å². The van der Waals surface area contributed by atoms with Crippen LogP contribution in [0.4, 0.5) is 8.78 Å². The number of aromatic nitrogens is 2. The molecule has 2 aromatic rings. The van der Waals surface area contributed by atoms with E-state index in [1.165, 1.54) is 6.07 Å². The highest BCUT2D eigenvalue weighted by atomic mass is 19.1. The fourth-order valence-corrected chi connectivity index (χ4v) is 1.19. The molecule has 0 aliphatic carbocycles. The van der Waals surface area contributed by atoms with Crippen LogP contribution in [-0.2, 0) is 6.54 Å². The first-order valence-electron chi connectivity index (χ1n) is 3.74. The maximum absolute atomic E-state index is 13.0. The molecule has 5 heteroatoms. The van der Waals surface area contributed by atoms with Crippen LogP contribution in [0.2, 0.25) is 0 Å². The Hall–Kier alpha value is -1.49. The molecular formula is C8H7F2N3. The van der Waals surface area contributed by atoms with Crippen molar-refractivity contribution < 1.29 is 8.78 Å². The van der Waals surface area contributed by atoms with Gasteiger partial charge in [-0.3, -0.25) is 0 Å². The van der Waals surface area contributed by atoms with Gasteiger partial charge in [0.15, 0.2) is 5.82 Å². The molecule has 2 rings (SSSR count). The molecule has 0 saturated carbocycles. The molecule has 3 N–H and O–H groups in total. The molecule has 68 valence electrons. The third kappa shape index (κ3) is 1.27. The molecule has 0 fully saturated rings. The van der Waals surface area contributed by atoms with Crippen molar-refractivity contribution in [2.24, 2.45) is 5.73 Å². The quantitative estimate of drug-likeness (QED) is 0.700. The fraction of sp³-hybridized carbons (Fsp3) is 0.125. The number of aromatic amines is 1. The van der Waals surface area contributed by atoms with Crippen molar-refractivity contribution in [1.82, 2.24) is 9.97 Å². The van der Waals surface area contributed by atoms with Crippen LogP contribution in [0, 0.1) is 11.6 Å². The van der Waals surface area contributed by atoms with Crippen LogP contribution in [0.3, 0.4) is 0 Å². The van der Waals surface area contributed by atoms with Crippen LogP contribution < -0.4 is 5.73 Å². The Kier molecular flexibility index (Phi) is 1.73. The van der Waals surface area contributed by atoms with Crippen molar-refractivity contribution in [2.75, 3.05) is 0 Å². The van der Waals surface area contributed by atoms with Gasteiger partial charge in [0, 0.05) is 6.07 Å². The molecule has 1 heterocycles. The zero-order valence-corrected chi connectivity index (χ0v) is 6.64. The van der Waals surface area contributed by atoms with E-state index in [4.69, 9.17) is 5.73 Å². The zero-order chi connectivity index (χ0) is 9.42. The van der Waals surface area contributed by atoms with Gasteiger partial charge in [0.25, 0.3) is 0 Å². The molecule has 0 amide bonds. The third-order valence-corrected chi connectivity index (χ3v) is 1.75. The van der Waals surface area contributed by atoms with Crippen LogP contribution in [0.25, 0.3) is 11.0 Å². The van der Waals surface area contributed by atoms with Crippen LogP contribution in [0.1, 0.15) is 5.82 Å². The number of nitrogens with two attached hydrogens (primary N) is 1. The highest BCUT2D eigenvalue weighted by Gasteiger charge is 2.08. The maximum atomic E-state index is 13.0. The van der Waals surface area contributed by atoms with E-state index in [2.05, 4.69) is 9.97 Å². The first kappa shape index (κ1) is 8.12. The summed E-state index contributed by atoms with van der Waals surface area (Å²) in [5, 5.41) is 0. The Labute approximate surface area is 72.6 Å². The number of nitrogens with one attached hydrogen (secondary N) is 1. The number of hydrogen-bond donors (Lipinski definition) is 2. The van der Waals surface area contributed by atoms with Gasteiger partial charge in [-0.05, 0) is 6.07 Å². The highest BCUT2D eigenvalue weighted by Crippen LogP contribution is 2.16. The van der Waals surface area contributed by atoms with Crippen LogP contribution in [0.15, 0.2) is 12.1 Å². The summed E-state index contributed by atoms with van der Waals surface area (Å²) in [5.74, 6) is -0.859. The van der Waals surface area contributed by atoms with Gasteiger partial charge < -0.3 is 10.7 Å². The second-order valence-corrected chi connectivity index (χ2v) is 2.67. The van der Waals surface area contributed by atoms with Gasteiger partial charge in [0.1, 0.15) is 17.2 Å². The molecule has 0 unspecified atom stereocenters. The van der Waals surface area contributed by atoms with E-state index in [0.29, 0.717) is 11.3 Å². The molecule has 0 saturated heterocycles. The molecule has 3 nitrogen and oxygen atoms in total. The largest absolute Gasteiger partial charge is 0.341 e. The van der Waals surface area contributed by atoms with E-state index in [-0.39, 0.29) is 12.1 Å². The Morgan fingerprint density at radius 3 is 2.85 bits per heavy atom. The molecule has 0 spiro atoms. The minimum Gasteiger partial charge on any atom is -0.341 e. The lowest BCUT2D eigenvalue weighted by atomic mass is 10.3. The van der Waals surface area contributed by atoms with E-state index in [0.717, 1.165) is 6.07 Å². The SMILES string of the molecule is NCc1nc2c(F)cc(F)cc2[nH]1.